The first-order valence-corrected chi connectivity index (χ1v) is 3.84. The van der Waals surface area contributed by atoms with Crippen LogP contribution in [0, 0.1) is 0 Å². The molecule has 0 spiro atoms. The van der Waals surface area contributed by atoms with Crippen LogP contribution in [0.4, 0.5) is 0 Å². The topological polar surface area (TPSA) is 52.0 Å². The van der Waals surface area contributed by atoms with Gasteiger partial charge in [-0.3, -0.25) is 0 Å². The van der Waals surface area contributed by atoms with Crippen molar-refractivity contribution in [2.75, 3.05) is 0 Å². The zero-order chi connectivity index (χ0) is 8.78. The lowest BCUT2D eigenvalue weighted by molar-refractivity contribution is 0.501. The minimum atomic E-state index is 0.0417. The Morgan fingerprint density at radius 3 is 1.40 bits per heavy atom. The highest BCUT2D eigenvalue weighted by atomic mass is 14.7. The minimum Gasteiger partial charge on any atom is -0.328 e. The van der Waals surface area contributed by atoms with Gasteiger partial charge >= 0.3 is 0 Å². The Morgan fingerprint density at radius 2 is 1.40 bits per heavy atom. The largest absolute Gasteiger partial charge is 0.328 e. The fraction of sp³-hybridized carbons (Fsp3) is 1.00. The molecule has 0 rings (SSSR count). The maximum atomic E-state index is 5.53. The van der Waals surface area contributed by atoms with Gasteiger partial charge in [-0.05, 0) is 26.3 Å². The van der Waals surface area contributed by atoms with Crippen LogP contribution < -0.4 is 11.5 Å². The number of hydrogen-bond acceptors (Lipinski definition) is 2. The Hall–Kier alpha value is -0.0800. The number of hydrogen-bond donors (Lipinski definition) is 2. The van der Waals surface area contributed by atoms with Crippen molar-refractivity contribution in [3.63, 3.8) is 0 Å². The molecule has 0 aliphatic rings. The summed E-state index contributed by atoms with van der Waals surface area (Å²) in [6, 6.07) is 0.333. The Morgan fingerprint density at radius 1 is 1.30 bits per heavy atom. The fourth-order valence-electron chi connectivity index (χ4n) is 0. The van der Waals surface area contributed by atoms with E-state index in [0.29, 0.717) is 6.04 Å². The normalized spacial score (nSPS) is 10.8. The summed E-state index contributed by atoms with van der Waals surface area (Å²) in [6.45, 7) is 10.0. The summed E-state index contributed by atoms with van der Waals surface area (Å²) in [5.74, 6) is 0. The van der Waals surface area contributed by atoms with Gasteiger partial charge in [-0.1, -0.05) is 20.8 Å². The molecule has 0 bridgehead atoms. The summed E-state index contributed by atoms with van der Waals surface area (Å²) in [5, 5.41) is 0. The molecule has 4 N–H and O–H groups in total. The molecule has 0 unspecified atom stereocenters. The van der Waals surface area contributed by atoms with Crippen LogP contribution in [0.1, 0.15) is 41.0 Å². The average Bonchev–Trinajstić information content (AvgIpc) is 1.63. The van der Waals surface area contributed by atoms with Gasteiger partial charge in [0.1, 0.15) is 0 Å². The predicted molar refractivity (Wildman–Crippen MR) is 47.9 cm³/mol. The van der Waals surface area contributed by atoms with Gasteiger partial charge in [0.2, 0.25) is 0 Å². The molecule has 0 aliphatic carbocycles. The van der Waals surface area contributed by atoms with Gasteiger partial charge in [-0.2, -0.15) is 0 Å². The molecule has 2 heteroatoms. The molecule has 0 heterocycles. The van der Waals surface area contributed by atoms with Gasteiger partial charge in [-0.25, -0.2) is 0 Å². The summed E-state index contributed by atoms with van der Waals surface area (Å²) in [5.41, 5.74) is 10.7. The maximum Gasteiger partial charge on any atom is 0.00944 e. The van der Waals surface area contributed by atoms with Gasteiger partial charge in [0.05, 0.1) is 0 Å². The van der Waals surface area contributed by atoms with E-state index in [2.05, 4.69) is 6.92 Å². The van der Waals surface area contributed by atoms with Crippen LogP contribution >= 0.6 is 0 Å². The molecule has 0 atom stereocenters. The van der Waals surface area contributed by atoms with E-state index in [-0.39, 0.29) is 5.54 Å². The highest BCUT2D eigenvalue weighted by Crippen LogP contribution is 1.99. The third kappa shape index (κ3) is 44.5. The molecule has 0 radical (unpaired) electrons. The summed E-state index contributed by atoms with van der Waals surface area (Å²) in [4.78, 5) is 0. The van der Waals surface area contributed by atoms with Crippen LogP contribution in [0.2, 0.25) is 0 Å². The van der Waals surface area contributed by atoms with Gasteiger partial charge in [0.25, 0.3) is 0 Å². The van der Waals surface area contributed by atoms with Crippen molar-refractivity contribution in [1.82, 2.24) is 0 Å². The van der Waals surface area contributed by atoms with Crippen molar-refractivity contribution in [2.24, 2.45) is 11.5 Å². The summed E-state index contributed by atoms with van der Waals surface area (Å²) in [6.07, 6.45) is 1.05. The van der Waals surface area contributed by atoms with E-state index < -0.39 is 0 Å². The standard InChI is InChI=1S/C5H13N.C3H9N/c1-4-5(2,3)6;1-3(2)4/h4,6H2,1-3H3;3H,4H2,1-2H3. The first-order valence-electron chi connectivity index (χ1n) is 3.84. The van der Waals surface area contributed by atoms with Crippen molar-refractivity contribution in [1.29, 1.82) is 0 Å². The second kappa shape index (κ2) is 5.69. The minimum absolute atomic E-state index is 0.0417. The van der Waals surface area contributed by atoms with Crippen molar-refractivity contribution < 1.29 is 0 Å². The molecule has 0 saturated heterocycles. The number of nitrogens with two attached hydrogens (primary N) is 2. The van der Waals surface area contributed by atoms with Gasteiger partial charge in [0, 0.05) is 5.54 Å². The fourth-order valence-corrected chi connectivity index (χ4v) is 0. The smallest absolute Gasteiger partial charge is 0.00944 e. The van der Waals surface area contributed by atoms with Crippen LogP contribution in [0.5, 0.6) is 0 Å². The van der Waals surface area contributed by atoms with E-state index in [1.165, 1.54) is 0 Å². The van der Waals surface area contributed by atoms with Crippen LogP contribution in [0.15, 0.2) is 0 Å². The van der Waals surface area contributed by atoms with E-state index >= 15 is 0 Å². The molecule has 0 aromatic carbocycles. The Kier molecular flexibility index (Phi) is 7.15. The monoisotopic (exact) mass is 146 g/mol. The molecule has 0 aromatic heterocycles. The van der Waals surface area contributed by atoms with Crippen molar-refractivity contribution in [3.05, 3.63) is 0 Å². The number of rotatable bonds is 1. The first-order chi connectivity index (χ1) is 4.29. The SMILES string of the molecule is CC(C)N.CCC(C)(C)N. The second-order valence-electron chi connectivity index (χ2n) is 3.59. The maximum absolute atomic E-state index is 5.53. The average molecular weight is 146 g/mol. The molecule has 2 nitrogen and oxygen atoms in total. The quantitative estimate of drug-likeness (QED) is 0.589. The molecule has 0 aromatic rings. The molecule has 64 valence electrons. The molecule has 0 aliphatic heterocycles. The van der Waals surface area contributed by atoms with Gasteiger partial charge in [-0.15, -0.1) is 0 Å². The molecule has 10 heavy (non-hydrogen) atoms. The van der Waals surface area contributed by atoms with E-state index in [1.807, 2.05) is 27.7 Å². The zero-order valence-electron chi connectivity index (χ0n) is 7.94. The Bertz CT molecular complexity index is 59.4. The Labute approximate surface area is 65.0 Å². The summed E-state index contributed by atoms with van der Waals surface area (Å²) in [7, 11) is 0. The first kappa shape index (κ1) is 12.6. The molecule has 0 amide bonds. The van der Waals surface area contributed by atoms with Crippen LogP contribution in [-0.2, 0) is 0 Å². The van der Waals surface area contributed by atoms with Gasteiger partial charge < -0.3 is 11.5 Å². The van der Waals surface area contributed by atoms with Crippen LogP contribution in [0.3, 0.4) is 0 Å². The van der Waals surface area contributed by atoms with E-state index in [9.17, 15) is 0 Å². The predicted octanol–water partition coefficient (Wildman–Crippen LogP) is 1.49. The van der Waals surface area contributed by atoms with E-state index in [4.69, 9.17) is 11.5 Å². The van der Waals surface area contributed by atoms with Crippen molar-refractivity contribution in [2.45, 2.75) is 52.6 Å². The van der Waals surface area contributed by atoms with E-state index in [1.54, 1.807) is 0 Å². The highest BCUT2D eigenvalue weighted by molar-refractivity contribution is 4.66. The second-order valence-corrected chi connectivity index (χ2v) is 3.59. The lowest BCUT2D eigenvalue weighted by Crippen LogP contribution is -2.30. The Balaban J connectivity index is 0. The summed E-state index contributed by atoms with van der Waals surface area (Å²) >= 11 is 0. The molecule has 0 fully saturated rings. The third-order valence-electron chi connectivity index (χ3n) is 0.911. The molecular weight excluding hydrogens is 124 g/mol. The highest BCUT2D eigenvalue weighted by Gasteiger charge is 2.03. The molecular formula is C8H22N2. The molecule has 0 saturated carbocycles. The zero-order valence-corrected chi connectivity index (χ0v) is 7.94. The van der Waals surface area contributed by atoms with E-state index in [0.717, 1.165) is 6.42 Å². The lowest BCUT2D eigenvalue weighted by atomic mass is 10.1. The summed E-state index contributed by atoms with van der Waals surface area (Å²) < 4.78 is 0. The van der Waals surface area contributed by atoms with Crippen molar-refractivity contribution >= 4 is 0 Å². The lowest BCUT2D eigenvalue weighted by Gasteiger charge is -2.13. The van der Waals surface area contributed by atoms with Crippen molar-refractivity contribution in [3.8, 4) is 0 Å². The van der Waals surface area contributed by atoms with Crippen LogP contribution in [0.25, 0.3) is 0 Å². The third-order valence-corrected chi connectivity index (χ3v) is 0.911. The van der Waals surface area contributed by atoms with Crippen LogP contribution in [-0.4, -0.2) is 11.6 Å². The van der Waals surface area contributed by atoms with Gasteiger partial charge in [0.15, 0.2) is 0 Å².